The van der Waals surface area contributed by atoms with Crippen molar-refractivity contribution in [2.75, 3.05) is 6.61 Å². The number of aromatic amines is 1. The predicted molar refractivity (Wildman–Crippen MR) is 78.6 cm³/mol. The fourth-order valence-corrected chi connectivity index (χ4v) is 2.77. The molecule has 0 bridgehead atoms. The number of rotatable bonds is 6. The number of thiophene rings is 1. The van der Waals surface area contributed by atoms with E-state index in [1.165, 1.54) is 29.3 Å². The quantitative estimate of drug-likeness (QED) is 0.717. The van der Waals surface area contributed by atoms with Gasteiger partial charge in [-0.1, -0.05) is 0 Å². The summed E-state index contributed by atoms with van der Waals surface area (Å²) in [5.74, 6) is 0.932. The Morgan fingerprint density at radius 3 is 2.95 bits per heavy atom. The molecule has 0 spiro atoms. The number of tetrazole rings is 1. The van der Waals surface area contributed by atoms with Crippen LogP contribution in [-0.2, 0) is 13.7 Å². The molecule has 3 aromatic rings. The highest BCUT2D eigenvalue weighted by Crippen LogP contribution is 2.32. The lowest BCUT2D eigenvalue weighted by molar-refractivity contribution is 0.278. The largest absolute Gasteiger partial charge is 0.492 e. The van der Waals surface area contributed by atoms with E-state index in [1.54, 1.807) is 11.4 Å². The van der Waals surface area contributed by atoms with Crippen molar-refractivity contribution in [2.45, 2.75) is 13.5 Å². The average Bonchev–Trinajstić information content (AvgIpc) is 3.20. The highest BCUT2D eigenvalue weighted by Gasteiger charge is 2.19. The highest BCUT2D eigenvalue weighted by molar-refractivity contribution is 7.13. The van der Waals surface area contributed by atoms with E-state index in [2.05, 4.69) is 15.5 Å². The molecule has 0 saturated carbocycles. The van der Waals surface area contributed by atoms with Gasteiger partial charge in [0.1, 0.15) is 17.4 Å². The van der Waals surface area contributed by atoms with Crippen LogP contribution in [0.1, 0.15) is 12.5 Å². The van der Waals surface area contributed by atoms with Crippen LogP contribution in [0.3, 0.4) is 0 Å². The van der Waals surface area contributed by atoms with E-state index < -0.39 is 0 Å². The molecule has 0 amide bonds. The summed E-state index contributed by atoms with van der Waals surface area (Å²) in [6.45, 7) is 2.49. The summed E-state index contributed by atoms with van der Waals surface area (Å²) in [7, 11) is 1.53. The monoisotopic (exact) mass is 324 g/mol. The minimum absolute atomic E-state index is 0.133. The second-order valence-electron chi connectivity index (χ2n) is 4.27. The van der Waals surface area contributed by atoms with Crippen molar-refractivity contribution in [3.63, 3.8) is 0 Å². The van der Waals surface area contributed by atoms with Gasteiger partial charge in [-0.15, -0.1) is 21.1 Å². The van der Waals surface area contributed by atoms with Crippen molar-refractivity contribution in [3.8, 4) is 16.6 Å². The molecule has 0 aromatic carbocycles. The zero-order valence-electron chi connectivity index (χ0n) is 13.0. The molecule has 0 radical (unpaired) electrons. The molecule has 116 valence electrons. The molecule has 9 nitrogen and oxygen atoms in total. The Bertz CT molecular complexity index is 866. The molecule has 0 aliphatic heterocycles. The number of hydrogen-bond acceptors (Lipinski definition) is 7. The molecule has 3 rings (SSSR count). The van der Waals surface area contributed by atoms with Crippen LogP contribution in [0.15, 0.2) is 22.4 Å². The summed E-state index contributed by atoms with van der Waals surface area (Å²) in [5, 5.41) is 14.7. The van der Waals surface area contributed by atoms with Crippen LogP contribution in [0.4, 0.5) is 0 Å². The van der Waals surface area contributed by atoms with Gasteiger partial charge in [-0.3, -0.25) is 5.09 Å². The molecular formula is C12H14N6O3S. The fraction of sp³-hybridized carbons (Fsp3) is 0.333. The molecule has 3 heterocycles. The molecule has 1 N–H and O–H groups in total. The van der Waals surface area contributed by atoms with Gasteiger partial charge in [0.15, 0.2) is 1.41 Å². The first-order chi connectivity index (χ1) is 11.1. The van der Waals surface area contributed by atoms with Crippen molar-refractivity contribution >= 4 is 11.3 Å². The van der Waals surface area contributed by atoms with Crippen LogP contribution in [0.25, 0.3) is 5.00 Å². The third-order valence-electron chi connectivity index (χ3n) is 2.85. The highest BCUT2D eigenvalue weighted by atomic mass is 32.1. The van der Waals surface area contributed by atoms with Gasteiger partial charge >= 0.3 is 5.69 Å². The second kappa shape index (κ2) is 6.02. The average molecular weight is 324 g/mol. The standard InChI is InChI=1S/C12H14N6O3S/c1-3-20-9-7-22-11(18-12(19)17(2)15-16-18)8(9)6-21-10-4-5-13-14-10/h4-5,7H,3,6H2,1-2H3,(H,13,14)/i/hT. The zero-order chi connectivity index (χ0) is 16.4. The van der Waals surface area contributed by atoms with Crippen LogP contribution >= 0.6 is 11.3 Å². The maximum Gasteiger partial charge on any atom is 0.368 e. The van der Waals surface area contributed by atoms with Crippen LogP contribution in [0.5, 0.6) is 11.6 Å². The molecule has 0 saturated heterocycles. The van der Waals surface area contributed by atoms with Crippen LogP contribution < -0.4 is 15.2 Å². The zero-order valence-corrected chi connectivity index (χ0v) is 12.8. The van der Waals surface area contributed by atoms with Gasteiger partial charge in [0, 0.05) is 24.7 Å². The van der Waals surface area contributed by atoms with Gasteiger partial charge in [0.25, 0.3) is 0 Å². The molecule has 0 aliphatic carbocycles. The number of nitrogens with zero attached hydrogens (tertiary/aromatic N) is 5. The summed E-state index contributed by atoms with van der Waals surface area (Å²) in [5.41, 5.74) is 0.325. The molecule has 3 aromatic heterocycles. The molecule has 0 aliphatic rings. The first kappa shape index (κ1) is 13.1. The molecule has 0 atom stereocenters. The number of aryl methyl sites for hydroxylation is 1. The smallest absolute Gasteiger partial charge is 0.368 e. The van der Waals surface area contributed by atoms with Crippen molar-refractivity contribution < 1.29 is 10.9 Å². The van der Waals surface area contributed by atoms with Gasteiger partial charge < -0.3 is 9.47 Å². The van der Waals surface area contributed by atoms with E-state index in [4.69, 9.17) is 10.9 Å². The van der Waals surface area contributed by atoms with E-state index >= 15 is 0 Å². The van der Waals surface area contributed by atoms with Gasteiger partial charge in [-0.2, -0.15) is 4.68 Å². The summed E-state index contributed by atoms with van der Waals surface area (Å²) in [4.78, 5) is 12.1. The van der Waals surface area contributed by atoms with Crippen molar-refractivity contribution in [3.05, 3.63) is 33.7 Å². The van der Waals surface area contributed by atoms with Gasteiger partial charge in [-0.05, 0) is 17.4 Å². The number of ether oxygens (including phenoxy) is 2. The third-order valence-corrected chi connectivity index (χ3v) is 3.83. The Morgan fingerprint density at radius 1 is 1.45 bits per heavy atom. The molecule has 0 fully saturated rings. The predicted octanol–water partition coefficient (Wildman–Crippen LogP) is 0.728. The van der Waals surface area contributed by atoms with Crippen molar-refractivity contribution in [2.24, 2.45) is 7.05 Å². The molecule has 10 heteroatoms. The Hall–Kier alpha value is -2.62. The van der Waals surface area contributed by atoms with Gasteiger partial charge in [0.05, 0.1) is 12.2 Å². The molecule has 0 unspecified atom stereocenters. The molecule has 22 heavy (non-hydrogen) atoms. The fourth-order valence-electron chi connectivity index (χ4n) is 1.83. The first-order valence-electron chi connectivity index (χ1n) is 6.95. The number of nitrogens with one attached hydrogen (secondary N) is 1. The normalized spacial score (nSPS) is 11.5. The maximum atomic E-state index is 12.1. The Balaban J connectivity index is 1.94. The molecular weight excluding hydrogens is 308 g/mol. The topological polar surface area (TPSA) is 99.9 Å². The summed E-state index contributed by atoms with van der Waals surface area (Å²) < 4.78 is 20.8. The SMILES string of the molecule is [3H]n1ccc(OCc2c(OCC)csc2-n2nnn(C)c2=O)n1. The lowest BCUT2D eigenvalue weighted by Crippen LogP contribution is -2.22. The van der Waals surface area contributed by atoms with E-state index in [1.807, 2.05) is 6.92 Å². The van der Waals surface area contributed by atoms with Crippen LogP contribution in [-0.4, -0.2) is 36.6 Å². The van der Waals surface area contributed by atoms with E-state index in [0.717, 1.165) is 9.77 Å². The van der Waals surface area contributed by atoms with E-state index in [0.29, 0.717) is 28.8 Å². The van der Waals surface area contributed by atoms with Crippen LogP contribution in [0.2, 0.25) is 1.41 Å². The maximum absolute atomic E-state index is 12.1. The Labute approximate surface area is 130 Å². The van der Waals surface area contributed by atoms with Crippen LogP contribution in [0, 0.1) is 0 Å². The van der Waals surface area contributed by atoms with E-state index in [-0.39, 0.29) is 12.3 Å². The Kier molecular flexibility index (Phi) is 3.57. The van der Waals surface area contributed by atoms with Crippen molar-refractivity contribution in [1.29, 1.82) is 0 Å². The minimum atomic E-state index is -0.355. The first-order valence-corrected chi connectivity index (χ1v) is 7.38. The van der Waals surface area contributed by atoms with Gasteiger partial charge in [0.2, 0.25) is 5.88 Å². The number of H-pyrrole nitrogens is 1. The lowest BCUT2D eigenvalue weighted by Gasteiger charge is -2.07. The summed E-state index contributed by atoms with van der Waals surface area (Å²) in [6.07, 6.45) is 1.46. The lowest BCUT2D eigenvalue weighted by atomic mass is 10.3. The second-order valence-corrected chi connectivity index (χ2v) is 5.13. The minimum Gasteiger partial charge on any atom is -0.492 e. The number of aromatic nitrogens is 6. The summed E-state index contributed by atoms with van der Waals surface area (Å²) >= 11 is 1.32. The third kappa shape index (κ3) is 2.60. The van der Waals surface area contributed by atoms with E-state index in [9.17, 15) is 4.79 Å². The van der Waals surface area contributed by atoms with Gasteiger partial charge in [-0.25, -0.2) is 4.79 Å². The van der Waals surface area contributed by atoms with Crippen molar-refractivity contribution in [1.82, 2.24) is 30.0 Å². The number of hydrogen-bond donors (Lipinski definition) is 1. The Morgan fingerprint density at radius 2 is 2.32 bits per heavy atom. The summed E-state index contributed by atoms with van der Waals surface area (Å²) in [6, 6.07) is 1.58.